The molecule has 0 saturated heterocycles. The van der Waals surface area contributed by atoms with E-state index in [0.717, 1.165) is 28.1 Å². The molecule has 1 aromatic heterocycles. The first-order chi connectivity index (χ1) is 8.11. The quantitative estimate of drug-likeness (QED) is 0.748. The Morgan fingerprint density at radius 3 is 2.53 bits per heavy atom. The van der Waals surface area contributed by atoms with Crippen LogP contribution in [0.15, 0.2) is 30.3 Å². The Morgan fingerprint density at radius 2 is 1.88 bits per heavy atom. The Bertz CT molecular complexity index is 552. The monoisotopic (exact) mass is 247 g/mol. The molecule has 2 aromatic rings. The minimum Gasteiger partial charge on any atom is -0.496 e. The highest BCUT2D eigenvalue weighted by Gasteiger charge is 2.08. The first kappa shape index (κ1) is 11.9. The van der Waals surface area contributed by atoms with Crippen LogP contribution in [-0.2, 0) is 0 Å². The van der Waals surface area contributed by atoms with E-state index in [1.165, 1.54) is 0 Å². The van der Waals surface area contributed by atoms with Crippen LogP contribution in [0, 0.1) is 13.8 Å². The number of aryl methyl sites for hydroxylation is 2. The third-order valence-corrected chi connectivity index (χ3v) is 2.94. The second-order valence-corrected chi connectivity index (χ2v) is 4.37. The topological polar surface area (TPSA) is 22.1 Å². The largest absolute Gasteiger partial charge is 0.496 e. The fourth-order valence-corrected chi connectivity index (χ4v) is 2.01. The van der Waals surface area contributed by atoms with Crippen molar-refractivity contribution in [2.75, 3.05) is 7.11 Å². The average molecular weight is 248 g/mol. The van der Waals surface area contributed by atoms with Gasteiger partial charge in [0.1, 0.15) is 10.9 Å². The maximum absolute atomic E-state index is 5.91. The number of hydrogen-bond acceptors (Lipinski definition) is 2. The Balaban J connectivity index is 2.56. The van der Waals surface area contributed by atoms with Gasteiger partial charge in [-0.2, -0.15) is 0 Å². The molecule has 3 heteroatoms. The molecule has 17 heavy (non-hydrogen) atoms. The predicted octanol–water partition coefficient (Wildman–Crippen LogP) is 4.03. The highest BCUT2D eigenvalue weighted by Crippen LogP contribution is 2.29. The minimum atomic E-state index is 0.510. The Labute approximate surface area is 106 Å². The molecule has 0 fully saturated rings. The highest BCUT2D eigenvalue weighted by molar-refractivity contribution is 6.29. The predicted molar refractivity (Wildman–Crippen MR) is 70.7 cm³/mol. The summed E-state index contributed by atoms with van der Waals surface area (Å²) in [7, 11) is 1.68. The molecule has 0 aliphatic carbocycles. The average Bonchev–Trinajstić information content (AvgIpc) is 2.31. The number of methoxy groups -OCH3 is 1. The van der Waals surface area contributed by atoms with E-state index in [2.05, 4.69) is 11.1 Å². The van der Waals surface area contributed by atoms with E-state index < -0.39 is 0 Å². The van der Waals surface area contributed by atoms with Crippen molar-refractivity contribution in [1.82, 2.24) is 4.98 Å². The van der Waals surface area contributed by atoms with Gasteiger partial charge in [0.25, 0.3) is 0 Å². The molecule has 0 atom stereocenters. The molecular formula is C14H14ClNO. The van der Waals surface area contributed by atoms with Gasteiger partial charge >= 0.3 is 0 Å². The number of nitrogens with zero attached hydrogens (tertiary/aromatic N) is 1. The van der Waals surface area contributed by atoms with Crippen molar-refractivity contribution in [2.24, 2.45) is 0 Å². The molecule has 0 aliphatic rings. The molecule has 1 aromatic carbocycles. The molecule has 0 saturated carbocycles. The van der Waals surface area contributed by atoms with Crippen LogP contribution in [0.2, 0.25) is 5.15 Å². The van der Waals surface area contributed by atoms with Crippen LogP contribution in [0.25, 0.3) is 11.3 Å². The fraction of sp³-hybridized carbons (Fsp3) is 0.214. The molecule has 2 rings (SSSR count). The molecule has 0 spiro atoms. The van der Waals surface area contributed by atoms with Gasteiger partial charge in [0.05, 0.1) is 12.8 Å². The molecule has 88 valence electrons. The van der Waals surface area contributed by atoms with Gasteiger partial charge in [-0.25, -0.2) is 4.98 Å². The summed E-state index contributed by atoms with van der Waals surface area (Å²) in [6, 6.07) is 9.74. The van der Waals surface area contributed by atoms with Crippen LogP contribution >= 0.6 is 11.6 Å². The van der Waals surface area contributed by atoms with Gasteiger partial charge in [0.15, 0.2) is 0 Å². The van der Waals surface area contributed by atoms with Gasteiger partial charge in [-0.15, -0.1) is 0 Å². The highest BCUT2D eigenvalue weighted by atomic mass is 35.5. The van der Waals surface area contributed by atoms with Crippen LogP contribution in [0.4, 0.5) is 0 Å². The number of aromatic nitrogens is 1. The second kappa shape index (κ2) is 4.76. The van der Waals surface area contributed by atoms with Crippen molar-refractivity contribution in [3.63, 3.8) is 0 Å². The van der Waals surface area contributed by atoms with Crippen molar-refractivity contribution in [2.45, 2.75) is 13.8 Å². The number of halogens is 1. The lowest BCUT2D eigenvalue weighted by Gasteiger charge is -2.11. The summed E-state index contributed by atoms with van der Waals surface area (Å²) in [5, 5.41) is 0.510. The lowest BCUT2D eigenvalue weighted by Crippen LogP contribution is -1.92. The number of rotatable bonds is 2. The summed E-state index contributed by atoms with van der Waals surface area (Å²) in [6.45, 7) is 4.06. The van der Waals surface area contributed by atoms with Crippen LogP contribution in [0.1, 0.15) is 11.1 Å². The molecule has 0 aliphatic heterocycles. The molecule has 0 N–H and O–H groups in total. The van der Waals surface area contributed by atoms with Gasteiger partial charge in [0.2, 0.25) is 0 Å². The normalized spacial score (nSPS) is 10.4. The summed E-state index contributed by atoms with van der Waals surface area (Å²) in [4.78, 5) is 4.33. The molecule has 0 unspecified atom stereocenters. The number of benzene rings is 1. The van der Waals surface area contributed by atoms with E-state index in [1.807, 2.05) is 32.0 Å². The van der Waals surface area contributed by atoms with E-state index in [0.29, 0.717) is 5.15 Å². The van der Waals surface area contributed by atoms with Crippen molar-refractivity contribution >= 4 is 11.6 Å². The Kier molecular flexibility index (Phi) is 3.34. The van der Waals surface area contributed by atoms with Crippen LogP contribution < -0.4 is 4.74 Å². The van der Waals surface area contributed by atoms with E-state index in [1.54, 1.807) is 13.2 Å². The number of hydrogen-bond donors (Lipinski definition) is 0. The third kappa shape index (κ3) is 2.42. The zero-order valence-corrected chi connectivity index (χ0v) is 10.9. The standard InChI is InChI=1S/C14H14ClNO/c1-9-8-13(17-3)10(2)7-11(9)12-5-4-6-14(15)16-12/h4-8H,1-3H3. The van der Waals surface area contributed by atoms with E-state index in [9.17, 15) is 0 Å². The van der Waals surface area contributed by atoms with Crippen molar-refractivity contribution in [1.29, 1.82) is 0 Å². The lowest BCUT2D eigenvalue weighted by molar-refractivity contribution is 0.411. The summed E-state index contributed by atoms with van der Waals surface area (Å²) >= 11 is 5.91. The van der Waals surface area contributed by atoms with Crippen molar-refractivity contribution in [3.05, 3.63) is 46.6 Å². The van der Waals surface area contributed by atoms with Gasteiger partial charge in [-0.1, -0.05) is 17.7 Å². The van der Waals surface area contributed by atoms with E-state index in [-0.39, 0.29) is 0 Å². The Morgan fingerprint density at radius 1 is 1.12 bits per heavy atom. The minimum absolute atomic E-state index is 0.510. The van der Waals surface area contributed by atoms with Crippen molar-refractivity contribution < 1.29 is 4.74 Å². The second-order valence-electron chi connectivity index (χ2n) is 3.98. The summed E-state index contributed by atoms with van der Waals surface area (Å²) < 4.78 is 5.29. The Hall–Kier alpha value is -1.54. The molecule has 0 amide bonds. The maximum Gasteiger partial charge on any atom is 0.129 e. The van der Waals surface area contributed by atoms with Gasteiger partial charge in [-0.3, -0.25) is 0 Å². The van der Waals surface area contributed by atoms with Gasteiger partial charge < -0.3 is 4.74 Å². The van der Waals surface area contributed by atoms with E-state index in [4.69, 9.17) is 16.3 Å². The molecule has 0 radical (unpaired) electrons. The smallest absolute Gasteiger partial charge is 0.129 e. The van der Waals surface area contributed by atoms with Gasteiger partial charge in [0, 0.05) is 5.56 Å². The first-order valence-corrected chi connectivity index (χ1v) is 5.78. The zero-order valence-electron chi connectivity index (χ0n) is 10.1. The summed E-state index contributed by atoms with van der Waals surface area (Å²) in [5.41, 5.74) is 4.20. The molecule has 1 heterocycles. The van der Waals surface area contributed by atoms with Crippen LogP contribution in [0.5, 0.6) is 5.75 Å². The number of pyridine rings is 1. The fourth-order valence-electron chi connectivity index (χ4n) is 1.84. The maximum atomic E-state index is 5.91. The number of ether oxygens (including phenoxy) is 1. The summed E-state index contributed by atoms with van der Waals surface area (Å²) in [5.74, 6) is 0.897. The van der Waals surface area contributed by atoms with Crippen LogP contribution in [-0.4, -0.2) is 12.1 Å². The van der Waals surface area contributed by atoms with Crippen molar-refractivity contribution in [3.8, 4) is 17.0 Å². The van der Waals surface area contributed by atoms with E-state index >= 15 is 0 Å². The van der Waals surface area contributed by atoms with Crippen LogP contribution in [0.3, 0.4) is 0 Å². The zero-order chi connectivity index (χ0) is 12.4. The molecule has 2 nitrogen and oxygen atoms in total. The van der Waals surface area contributed by atoms with Gasteiger partial charge in [-0.05, 0) is 49.2 Å². The SMILES string of the molecule is COc1cc(C)c(-c2cccc(Cl)n2)cc1C. The first-order valence-electron chi connectivity index (χ1n) is 5.40. The third-order valence-electron chi connectivity index (χ3n) is 2.73. The lowest BCUT2D eigenvalue weighted by atomic mass is 10.0. The summed E-state index contributed by atoms with van der Waals surface area (Å²) in [6.07, 6.45) is 0. The molecule has 0 bridgehead atoms. The molecular weight excluding hydrogens is 234 g/mol.